The number of aromatic amines is 1. The summed E-state index contributed by atoms with van der Waals surface area (Å²) in [5.74, 6) is 1.61. The molecule has 3 heterocycles. The lowest BCUT2D eigenvalue weighted by Gasteiger charge is -2.37. The highest BCUT2D eigenvalue weighted by Gasteiger charge is 2.22. The second-order valence-corrected chi connectivity index (χ2v) is 10.2. The zero-order valence-corrected chi connectivity index (χ0v) is 19.5. The summed E-state index contributed by atoms with van der Waals surface area (Å²) in [5.41, 5.74) is 1.17. The van der Waals surface area contributed by atoms with E-state index in [9.17, 15) is 9.59 Å². The second kappa shape index (κ2) is 9.80. The first-order valence-corrected chi connectivity index (χ1v) is 12.9. The molecule has 0 bridgehead atoms. The summed E-state index contributed by atoms with van der Waals surface area (Å²) in [6.07, 6.45) is 3.19. The maximum Gasteiger partial charge on any atom is 0.259 e. The van der Waals surface area contributed by atoms with Crippen molar-refractivity contribution >= 4 is 39.2 Å². The van der Waals surface area contributed by atoms with Gasteiger partial charge in [0.2, 0.25) is 5.91 Å². The summed E-state index contributed by atoms with van der Waals surface area (Å²) in [7, 11) is 0. The van der Waals surface area contributed by atoms with Gasteiger partial charge in [0.05, 0.1) is 16.9 Å². The molecule has 0 saturated carbocycles. The number of carbonyl (C=O) groups excluding carboxylic acids is 1. The van der Waals surface area contributed by atoms with Crippen molar-refractivity contribution in [3.8, 4) is 0 Å². The van der Waals surface area contributed by atoms with Crippen LogP contribution in [0.4, 0.5) is 0 Å². The van der Waals surface area contributed by atoms with Gasteiger partial charge in [0.1, 0.15) is 10.7 Å². The molecule has 2 aromatic heterocycles. The summed E-state index contributed by atoms with van der Waals surface area (Å²) in [5, 5.41) is 3.84. The predicted molar refractivity (Wildman–Crippen MR) is 125 cm³/mol. The number of piperazine rings is 1. The van der Waals surface area contributed by atoms with Crippen molar-refractivity contribution in [3.63, 3.8) is 0 Å². The largest absolute Gasteiger partial charge is 0.354 e. The lowest BCUT2D eigenvalue weighted by molar-refractivity contribution is -0.118. The van der Waals surface area contributed by atoms with E-state index in [-0.39, 0.29) is 11.5 Å². The fraction of sp³-hybridized carbons (Fsp3) is 0.667. The number of carbonyl (C=O) groups is 1. The van der Waals surface area contributed by atoms with Gasteiger partial charge in [-0.25, -0.2) is 4.98 Å². The Morgan fingerprint density at radius 3 is 2.87 bits per heavy atom. The number of aryl methyl sites for hydroxylation is 2. The summed E-state index contributed by atoms with van der Waals surface area (Å²) >= 11 is 3.15. The molecule has 1 aliphatic carbocycles. The quantitative estimate of drug-likeness (QED) is 0.640. The topological polar surface area (TPSA) is 81.3 Å². The molecule has 1 amide bonds. The smallest absolute Gasteiger partial charge is 0.259 e. The van der Waals surface area contributed by atoms with Crippen LogP contribution >= 0.6 is 23.1 Å². The van der Waals surface area contributed by atoms with Crippen LogP contribution in [0.25, 0.3) is 10.2 Å². The number of amides is 1. The number of hydrogen-bond donors (Lipinski definition) is 2. The van der Waals surface area contributed by atoms with E-state index < -0.39 is 0 Å². The van der Waals surface area contributed by atoms with Crippen molar-refractivity contribution in [1.82, 2.24) is 25.1 Å². The van der Waals surface area contributed by atoms with Gasteiger partial charge in [-0.2, -0.15) is 0 Å². The Morgan fingerprint density at radius 1 is 1.30 bits per heavy atom. The number of thioether (sulfide) groups is 1. The number of H-pyrrole nitrogens is 1. The van der Waals surface area contributed by atoms with Crippen LogP contribution in [0.3, 0.4) is 0 Å². The lowest BCUT2D eigenvalue weighted by Crippen LogP contribution is -2.52. The van der Waals surface area contributed by atoms with Crippen molar-refractivity contribution in [2.24, 2.45) is 0 Å². The molecule has 2 aromatic rings. The van der Waals surface area contributed by atoms with E-state index in [1.54, 1.807) is 11.3 Å². The number of likely N-dealkylation sites (N-methyl/N-ethyl adjacent to an activating group) is 1. The number of aromatic nitrogens is 2. The van der Waals surface area contributed by atoms with E-state index in [0.29, 0.717) is 29.9 Å². The first kappa shape index (κ1) is 21.8. The molecule has 7 nitrogen and oxygen atoms in total. The summed E-state index contributed by atoms with van der Waals surface area (Å²) in [4.78, 5) is 39.4. The molecule has 1 atom stereocenters. The van der Waals surface area contributed by atoms with Gasteiger partial charge >= 0.3 is 0 Å². The molecule has 9 heteroatoms. The minimum absolute atomic E-state index is 0.0311. The zero-order chi connectivity index (χ0) is 21.1. The predicted octanol–water partition coefficient (Wildman–Crippen LogP) is 1.85. The van der Waals surface area contributed by atoms with Gasteiger partial charge in [-0.05, 0) is 38.3 Å². The normalized spacial score (nSPS) is 18.6. The van der Waals surface area contributed by atoms with Crippen LogP contribution < -0.4 is 10.9 Å². The monoisotopic (exact) mass is 449 g/mol. The Kier molecular flexibility index (Phi) is 7.12. The highest BCUT2D eigenvalue weighted by molar-refractivity contribution is 7.99. The molecular formula is C21H31N5O2S2. The fourth-order valence-electron chi connectivity index (χ4n) is 4.32. The summed E-state index contributed by atoms with van der Waals surface area (Å²) in [6.45, 7) is 10.5. The van der Waals surface area contributed by atoms with Crippen LogP contribution in [0.5, 0.6) is 0 Å². The molecule has 30 heavy (non-hydrogen) atoms. The van der Waals surface area contributed by atoms with Crippen LogP contribution in [0.15, 0.2) is 4.79 Å². The molecule has 1 unspecified atom stereocenters. The standard InChI is InChI=1S/C21H31N5O2S2/c1-3-25-7-9-26(10-8-25)14(2)11-22-18(27)13-29-12-17-23-20(28)19-15-5-4-6-16(15)30-21(19)24-17/h14H,3-13H2,1-2H3,(H,22,27)(H,23,24,28). The first-order valence-electron chi connectivity index (χ1n) is 10.9. The molecule has 1 saturated heterocycles. The average Bonchev–Trinajstić information content (AvgIpc) is 3.33. The Labute approximate surface area is 185 Å². The Balaban J connectivity index is 1.22. The third-order valence-corrected chi connectivity index (χ3v) is 8.30. The average molecular weight is 450 g/mol. The van der Waals surface area contributed by atoms with Crippen LogP contribution in [-0.4, -0.2) is 76.7 Å². The van der Waals surface area contributed by atoms with Gasteiger partial charge in [0, 0.05) is 43.6 Å². The number of rotatable bonds is 8. The van der Waals surface area contributed by atoms with E-state index in [4.69, 9.17) is 0 Å². The van der Waals surface area contributed by atoms with Crippen LogP contribution in [0.2, 0.25) is 0 Å². The lowest BCUT2D eigenvalue weighted by atomic mass is 10.2. The van der Waals surface area contributed by atoms with E-state index in [0.717, 1.165) is 62.2 Å². The highest BCUT2D eigenvalue weighted by Crippen LogP contribution is 2.34. The number of hydrogen-bond acceptors (Lipinski definition) is 7. The van der Waals surface area contributed by atoms with Crippen LogP contribution in [-0.2, 0) is 23.4 Å². The number of fused-ring (bicyclic) bond motifs is 3. The van der Waals surface area contributed by atoms with Gasteiger partial charge in [-0.15, -0.1) is 23.1 Å². The number of nitrogens with one attached hydrogen (secondary N) is 2. The maximum atomic E-state index is 12.5. The van der Waals surface area contributed by atoms with Gasteiger partial charge in [0.25, 0.3) is 5.56 Å². The third kappa shape index (κ3) is 4.90. The Morgan fingerprint density at radius 2 is 2.10 bits per heavy atom. The molecule has 0 spiro atoms. The van der Waals surface area contributed by atoms with Gasteiger partial charge < -0.3 is 15.2 Å². The SMILES string of the molecule is CCN1CCN(C(C)CNC(=O)CSCc2nc3sc4c(c3c(=O)[nH]2)CCC4)CC1. The molecule has 1 fully saturated rings. The highest BCUT2D eigenvalue weighted by atomic mass is 32.2. The second-order valence-electron chi connectivity index (χ2n) is 8.17. The van der Waals surface area contributed by atoms with Gasteiger partial charge in [0.15, 0.2) is 0 Å². The zero-order valence-electron chi connectivity index (χ0n) is 17.8. The molecule has 1 aliphatic heterocycles. The molecule has 0 radical (unpaired) electrons. The number of nitrogens with zero attached hydrogens (tertiary/aromatic N) is 3. The van der Waals surface area contributed by atoms with Crippen molar-refractivity contribution in [3.05, 3.63) is 26.6 Å². The minimum Gasteiger partial charge on any atom is -0.354 e. The van der Waals surface area contributed by atoms with Crippen molar-refractivity contribution in [2.45, 2.75) is 44.9 Å². The first-order chi connectivity index (χ1) is 14.5. The third-order valence-electron chi connectivity index (χ3n) is 6.17. The molecular weight excluding hydrogens is 418 g/mol. The van der Waals surface area contributed by atoms with Crippen molar-refractivity contribution in [2.75, 3.05) is 45.0 Å². The molecule has 4 rings (SSSR count). The fourth-order valence-corrected chi connectivity index (χ4v) is 6.32. The number of thiophene rings is 1. The van der Waals surface area contributed by atoms with Gasteiger partial charge in [-0.3, -0.25) is 14.5 Å². The van der Waals surface area contributed by atoms with Crippen LogP contribution in [0.1, 0.15) is 36.5 Å². The van der Waals surface area contributed by atoms with Crippen LogP contribution in [0, 0.1) is 0 Å². The summed E-state index contributed by atoms with van der Waals surface area (Å²) in [6, 6.07) is 0.346. The van der Waals surface area contributed by atoms with Crippen molar-refractivity contribution in [1.29, 1.82) is 0 Å². The minimum atomic E-state index is -0.0311. The summed E-state index contributed by atoms with van der Waals surface area (Å²) < 4.78 is 0. The van der Waals surface area contributed by atoms with E-state index in [2.05, 4.69) is 38.9 Å². The Bertz CT molecular complexity index is 949. The molecule has 2 aliphatic rings. The molecule has 0 aromatic carbocycles. The Hall–Kier alpha value is -1.42. The van der Waals surface area contributed by atoms with Crippen molar-refractivity contribution < 1.29 is 4.79 Å². The molecule has 2 N–H and O–H groups in total. The van der Waals surface area contributed by atoms with E-state index >= 15 is 0 Å². The van der Waals surface area contributed by atoms with Gasteiger partial charge in [-0.1, -0.05) is 6.92 Å². The maximum absolute atomic E-state index is 12.5. The molecule has 164 valence electrons. The van der Waals surface area contributed by atoms with E-state index in [1.807, 2.05) is 0 Å². The van der Waals surface area contributed by atoms with E-state index in [1.165, 1.54) is 22.2 Å².